The van der Waals surface area contributed by atoms with Crippen molar-refractivity contribution >= 4 is 11.7 Å². The Morgan fingerprint density at radius 1 is 1.61 bits per heavy atom. The summed E-state index contributed by atoms with van der Waals surface area (Å²) in [5.74, 6) is -0.626. The molecule has 0 aliphatic heterocycles. The van der Waals surface area contributed by atoms with Crippen molar-refractivity contribution in [2.45, 2.75) is 19.9 Å². The second kappa shape index (κ2) is 4.91. The van der Waals surface area contributed by atoms with Crippen molar-refractivity contribution < 1.29 is 14.4 Å². The topological polar surface area (TPSA) is 93.2 Å². The molecule has 2 N–H and O–H groups in total. The van der Waals surface area contributed by atoms with E-state index in [1.165, 1.54) is 6.07 Å². The third-order valence-electron chi connectivity index (χ3n) is 2.47. The van der Waals surface area contributed by atoms with Crippen LogP contribution in [0.3, 0.4) is 0 Å². The first kappa shape index (κ1) is 12.2. The lowest BCUT2D eigenvalue weighted by Crippen LogP contribution is -2.00. The molecule has 2 rings (SSSR count). The fraction of sp³-hybridized carbons (Fsp3) is 0.364. The Morgan fingerprint density at radius 2 is 2.39 bits per heavy atom. The number of aromatic nitrogens is 3. The van der Waals surface area contributed by atoms with Crippen LogP contribution in [0.15, 0.2) is 16.8 Å². The van der Waals surface area contributed by atoms with E-state index in [9.17, 15) is 4.79 Å². The minimum atomic E-state index is -1.10. The second-order valence-corrected chi connectivity index (χ2v) is 3.85. The smallest absolute Gasteiger partial charge is 0.358 e. The van der Waals surface area contributed by atoms with Crippen molar-refractivity contribution in [1.82, 2.24) is 14.9 Å². The first-order valence-corrected chi connectivity index (χ1v) is 5.55. The lowest BCUT2D eigenvalue weighted by atomic mass is 10.3. The van der Waals surface area contributed by atoms with E-state index in [0.29, 0.717) is 12.3 Å². The summed E-state index contributed by atoms with van der Waals surface area (Å²) in [6.07, 6.45) is 2.69. The van der Waals surface area contributed by atoms with Crippen LogP contribution >= 0.6 is 0 Å². The number of aromatic carboxylic acids is 1. The number of carboxylic acids is 1. The molecule has 0 aromatic carbocycles. The van der Waals surface area contributed by atoms with Gasteiger partial charge in [0.15, 0.2) is 11.5 Å². The summed E-state index contributed by atoms with van der Waals surface area (Å²) >= 11 is 0. The molecule has 2 aromatic rings. The maximum atomic E-state index is 10.6. The molecule has 0 radical (unpaired) electrons. The van der Waals surface area contributed by atoms with Crippen molar-refractivity contribution in [2.75, 3.05) is 5.32 Å². The number of hydrogen-bond donors (Lipinski definition) is 2. The third kappa shape index (κ3) is 2.50. The molecular formula is C11H14N4O3. The van der Waals surface area contributed by atoms with Crippen LogP contribution in [0.4, 0.5) is 5.69 Å². The van der Waals surface area contributed by atoms with Gasteiger partial charge in [0.1, 0.15) is 0 Å². The standard InChI is InChI=1S/C11H14N4O3/c1-3-8-10(6-15(2)13-8)12-5-7-4-9(11(16)17)14-18-7/h4,6,12H,3,5H2,1-2H3,(H,16,17). The highest BCUT2D eigenvalue weighted by Crippen LogP contribution is 2.15. The highest BCUT2D eigenvalue weighted by atomic mass is 16.5. The maximum Gasteiger partial charge on any atom is 0.358 e. The largest absolute Gasteiger partial charge is 0.476 e. The van der Waals surface area contributed by atoms with Crippen LogP contribution in [0, 0.1) is 0 Å². The van der Waals surface area contributed by atoms with Crippen LogP contribution in [-0.2, 0) is 20.0 Å². The number of rotatable bonds is 5. The average Bonchev–Trinajstić information content (AvgIpc) is 2.92. The van der Waals surface area contributed by atoms with Gasteiger partial charge in [-0.2, -0.15) is 5.10 Å². The predicted octanol–water partition coefficient (Wildman–Crippen LogP) is 1.28. The summed E-state index contributed by atoms with van der Waals surface area (Å²) in [6.45, 7) is 2.39. The van der Waals surface area contributed by atoms with Crippen molar-refractivity contribution in [3.05, 3.63) is 29.4 Å². The van der Waals surface area contributed by atoms with Crippen LogP contribution < -0.4 is 5.32 Å². The van der Waals surface area contributed by atoms with E-state index in [1.54, 1.807) is 4.68 Å². The van der Waals surface area contributed by atoms with Gasteiger partial charge in [-0.25, -0.2) is 4.79 Å². The molecule has 0 aliphatic carbocycles. The summed E-state index contributed by atoms with van der Waals surface area (Å²) < 4.78 is 6.63. The molecule has 96 valence electrons. The molecule has 2 aromatic heterocycles. The van der Waals surface area contributed by atoms with Crippen molar-refractivity contribution in [2.24, 2.45) is 7.05 Å². The second-order valence-electron chi connectivity index (χ2n) is 3.85. The van der Waals surface area contributed by atoms with Crippen LogP contribution in [0.2, 0.25) is 0 Å². The molecule has 0 amide bonds. The number of anilines is 1. The number of aryl methyl sites for hydroxylation is 2. The molecule has 0 fully saturated rings. The number of carbonyl (C=O) groups is 1. The Hall–Kier alpha value is -2.31. The predicted molar refractivity (Wildman–Crippen MR) is 63.4 cm³/mol. The average molecular weight is 250 g/mol. The molecule has 7 heteroatoms. The van der Waals surface area contributed by atoms with Crippen LogP contribution in [0.25, 0.3) is 0 Å². The van der Waals surface area contributed by atoms with E-state index in [1.807, 2.05) is 20.2 Å². The Balaban J connectivity index is 2.04. The first-order chi connectivity index (χ1) is 8.60. The molecular weight excluding hydrogens is 236 g/mol. The van der Waals surface area contributed by atoms with Gasteiger partial charge >= 0.3 is 5.97 Å². The molecule has 0 bridgehead atoms. The van der Waals surface area contributed by atoms with Crippen molar-refractivity contribution in [1.29, 1.82) is 0 Å². The van der Waals surface area contributed by atoms with Gasteiger partial charge in [-0.1, -0.05) is 12.1 Å². The zero-order chi connectivity index (χ0) is 13.1. The third-order valence-corrected chi connectivity index (χ3v) is 2.47. The lowest BCUT2D eigenvalue weighted by Gasteiger charge is -2.01. The Kier molecular flexibility index (Phi) is 3.31. The summed E-state index contributed by atoms with van der Waals surface area (Å²) in [4.78, 5) is 10.6. The van der Waals surface area contributed by atoms with E-state index in [4.69, 9.17) is 9.63 Å². The number of nitrogens with zero attached hydrogens (tertiary/aromatic N) is 3. The molecule has 0 unspecified atom stereocenters. The van der Waals surface area contributed by atoms with Crippen molar-refractivity contribution in [3.8, 4) is 0 Å². The highest BCUT2D eigenvalue weighted by molar-refractivity contribution is 5.85. The van der Waals surface area contributed by atoms with E-state index in [0.717, 1.165) is 17.8 Å². The van der Waals surface area contributed by atoms with Gasteiger partial charge in [0, 0.05) is 19.3 Å². The van der Waals surface area contributed by atoms with Crippen LogP contribution in [0.1, 0.15) is 28.9 Å². The monoisotopic (exact) mass is 250 g/mol. The summed E-state index contributed by atoms with van der Waals surface area (Å²) in [6, 6.07) is 1.40. The van der Waals surface area contributed by atoms with Gasteiger partial charge in [-0.15, -0.1) is 0 Å². The van der Waals surface area contributed by atoms with Gasteiger partial charge < -0.3 is 14.9 Å². The number of nitrogens with one attached hydrogen (secondary N) is 1. The van der Waals surface area contributed by atoms with E-state index < -0.39 is 5.97 Å². The molecule has 0 saturated heterocycles. The first-order valence-electron chi connectivity index (χ1n) is 5.55. The normalized spacial score (nSPS) is 10.6. The summed E-state index contributed by atoms with van der Waals surface area (Å²) in [5, 5.41) is 19.6. The maximum absolute atomic E-state index is 10.6. The minimum Gasteiger partial charge on any atom is -0.476 e. The molecule has 0 atom stereocenters. The van der Waals surface area contributed by atoms with E-state index in [2.05, 4.69) is 15.6 Å². The minimum absolute atomic E-state index is 0.0892. The Bertz CT molecular complexity index is 558. The molecule has 7 nitrogen and oxygen atoms in total. The SMILES string of the molecule is CCc1nn(C)cc1NCc1cc(C(=O)O)no1. The summed E-state index contributed by atoms with van der Waals surface area (Å²) in [7, 11) is 1.85. The number of hydrogen-bond acceptors (Lipinski definition) is 5. The van der Waals surface area contributed by atoms with E-state index in [-0.39, 0.29) is 5.69 Å². The fourth-order valence-corrected chi connectivity index (χ4v) is 1.62. The molecule has 0 aliphatic rings. The molecule has 2 heterocycles. The zero-order valence-electron chi connectivity index (χ0n) is 10.2. The van der Waals surface area contributed by atoms with Gasteiger partial charge in [0.2, 0.25) is 0 Å². The number of carboxylic acid groups (broad SMARTS) is 1. The van der Waals surface area contributed by atoms with Gasteiger partial charge in [-0.3, -0.25) is 4.68 Å². The van der Waals surface area contributed by atoms with Crippen molar-refractivity contribution in [3.63, 3.8) is 0 Å². The van der Waals surface area contributed by atoms with Gasteiger partial charge in [0.05, 0.1) is 17.9 Å². The quantitative estimate of drug-likeness (QED) is 0.830. The zero-order valence-corrected chi connectivity index (χ0v) is 10.2. The van der Waals surface area contributed by atoms with Gasteiger partial charge in [0.25, 0.3) is 0 Å². The fourth-order valence-electron chi connectivity index (χ4n) is 1.62. The Labute approximate surface area is 103 Å². The highest BCUT2D eigenvalue weighted by Gasteiger charge is 2.11. The lowest BCUT2D eigenvalue weighted by molar-refractivity contribution is 0.0685. The molecule has 0 spiro atoms. The molecule has 18 heavy (non-hydrogen) atoms. The van der Waals surface area contributed by atoms with Crippen LogP contribution in [-0.4, -0.2) is 26.0 Å². The van der Waals surface area contributed by atoms with Crippen LogP contribution in [0.5, 0.6) is 0 Å². The van der Waals surface area contributed by atoms with Gasteiger partial charge in [-0.05, 0) is 6.42 Å². The summed E-state index contributed by atoms with van der Waals surface area (Å²) in [5.41, 5.74) is 1.78. The molecule has 0 saturated carbocycles. The van der Waals surface area contributed by atoms with E-state index >= 15 is 0 Å². The Morgan fingerprint density at radius 3 is 3.00 bits per heavy atom.